The summed E-state index contributed by atoms with van der Waals surface area (Å²) in [7, 11) is -2.36. The minimum Gasteiger partial charge on any atom is -0.479 e. The van der Waals surface area contributed by atoms with Gasteiger partial charge in [0.1, 0.15) is 11.0 Å². The molecule has 2 aliphatic rings. The largest absolute Gasteiger partial charge is 0.479 e. The van der Waals surface area contributed by atoms with Crippen molar-refractivity contribution in [3.8, 4) is 17.0 Å². The summed E-state index contributed by atoms with van der Waals surface area (Å²) in [5.41, 5.74) is 3.01. The van der Waals surface area contributed by atoms with Crippen molar-refractivity contribution in [2.75, 3.05) is 31.8 Å². The molecule has 1 aromatic carbocycles. The number of anilines is 1. The standard InChI is InChI=1S/C23H24F4N8O3S/c1-38-20-19-15(13-3-4-16-17(9-13)35(32-30-16)14-10-22(24,25)11-14)5-8-34(19)31-21(29-20)28-18-6-7-33(39(2,36)37)12-23(18,26)27/h3-5,8-9,14,18H,6-7,10-12H2,1-2H3,(H,28,31). The Hall–Kier alpha value is -3.53. The van der Waals surface area contributed by atoms with Crippen molar-refractivity contribution in [3.63, 3.8) is 0 Å². The Balaban J connectivity index is 1.31. The molecular formula is C23H24F4N8O3S. The van der Waals surface area contributed by atoms with Gasteiger partial charge in [-0.1, -0.05) is 11.3 Å². The van der Waals surface area contributed by atoms with Gasteiger partial charge in [0.2, 0.25) is 21.9 Å². The number of hydrogen-bond acceptors (Lipinski definition) is 8. The van der Waals surface area contributed by atoms with Crippen molar-refractivity contribution < 1.29 is 30.7 Å². The zero-order valence-electron chi connectivity index (χ0n) is 20.9. The van der Waals surface area contributed by atoms with E-state index in [-0.39, 0.29) is 37.6 Å². The summed E-state index contributed by atoms with van der Waals surface area (Å²) in [6, 6.07) is 5.25. The van der Waals surface area contributed by atoms with Gasteiger partial charge in [0, 0.05) is 31.1 Å². The molecule has 0 spiro atoms. The van der Waals surface area contributed by atoms with Gasteiger partial charge < -0.3 is 10.1 Å². The van der Waals surface area contributed by atoms with Crippen LogP contribution in [0.5, 0.6) is 5.88 Å². The summed E-state index contributed by atoms with van der Waals surface area (Å²) in [6.07, 6.45) is 1.78. The molecule has 2 fully saturated rings. The summed E-state index contributed by atoms with van der Waals surface area (Å²) in [5.74, 6) is -6.05. The molecule has 1 unspecified atom stereocenters. The molecule has 39 heavy (non-hydrogen) atoms. The van der Waals surface area contributed by atoms with Crippen LogP contribution in [0, 0.1) is 0 Å². The maximum Gasteiger partial charge on any atom is 0.281 e. The molecule has 1 atom stereocenters. The number of piperidine rings is 1. The third-order valence-electron chi connectivity index (χ3n) is 7.21. The molecule has 0 radical (unpaired) electrons. The SMILES string of the molecule is COc1nc(NC2CCN(S(C)(=O)=O)CC2(F)F)nn2ccc(-c3ccc4nnn(C5CC(F)(F)C5)c4c3)c12. The first-order valence-corrected chi connectivity index (χ1v) is 14.0. The lowest BCUT2D eigenvalue weighted by atomic mass is 9.88. The van der Waals surface area contributed by atoms with Gasteiger partial charge in [0.15, 0.2) is 0 Å². The molecule has 0 amide bonds. The fourth-order valence-corrected chi connectivity index (χ4v) is 5.97. The highest BCUT2D eigenvalue weighted by Crippen LogP contribution is 2.46. The second-order valence-electron chi connectivity index (χ2n) is 9.97. The van der Waals surface area contributed by atoms with E-state index in [1.807, 2.05) is 0 Å². The van der Waals surface area contributed by atoms with Crippen LogP contribution in [0.3, 0.4) is 0 Å². The molecule has 4 aromatic rings. The Morgan fingerprint density at radius 2 is 1.92 bits per heavy atom. The molecule has 3 aromatic heterocycles. The number of methoxy groups -OCH3 is 1. The lowest BCUT2D eigenvalue weighted by molar-refractivity contribution is -0.106. The Kier molecular flexibility index (Phi) is 5.77. The van der Waals surface area contributed by atoms with E-state index < -0.39 is 40.5 Å². The monoisotopic (exact) mass is 568 g/mol. The fourth-order valence-electron chi connectivity index (χ4n) is 5.13. The van der Waals surface area contributed by atoms with Crippen LogP contribution in [0.2, 0.25) is 0 Å². The van der Waals surface area contributed by atoms with E-state index >= 15 is 0 Å². The van der Waals surface area contributed by atoms with Crippen molar-refractivity contribution in [2.24, 2.45) is 0 Å². The van der Waals surface area contributed by atoms with Gasteiger partial charge in [-0.2, -0.15) is 9.29 Å². The number of hydrogen-bond donors (Lipinski definition) is 1. The Morgan fingerprint density at radius 1 is 1.15 bits per heavy atom. The number of rotatable bonds is 6. The smallest absolute Gasteiger partial charge is 0.281 e. The van der Waals surface area contributed by atoms with E-state index in [0.29, 0.717) is 27.7 Å². The van der Waals surface area contributed by atoms with Crippen LogP contribution < -0.4 is 10.1 Å². The maximum absolute atomic E-state index is 14.8. The number of benzene rings is 1. The van der Waals surface area contributed by atoms with Crippen molar-refractivity contribution in [1.82, 2.24) is 33.9 Å². The number of nitrogens with one attached hydrogen (secondary N) is 1. The van der Waals surface area contributed by atoms with Gasteiger partial charge in [-0.15, -0.1) is 10.2 Å². The quantitative estimate of drug-likeness (QED) is 0.352. The highest BCUT2D eigenvalue weighted by molar-refractivity contribution is 7.88. The number of nitrogens with zero attached hydrogens (tertiary/aromatic N) is 7. The Labute approximate surface area is 219 Å². The number of alkyl halides is 4. The predicted octanol–water partition coefficient (Wildman–Crippen LogP) is 3.20. The Morgan fingerprint density at radius 3 is 2.59 bits per heavy atom. The van der Waals surface area contributed by atoms with Crippen LogP contribution in [0.4, 0.5) is 23.5 Å². The summed E-state index contributed by atoms with van der Waals surface area (Å²) in [4.78, 5) is 4.30. The molecule has 6 rings (SSSR count). The average Bonchev–Trinajstić information content (AvgIpc) is 3.46. The topological polar surface area (TPSA) is 120 Å². The van der Waals surface area contributed by atoms with Crippen LogP contribution >= 0.6 is 0 Å². The number of ether oxygens (including phenoxy) is 1. The van der Waals surface area contributed by atoms with Crippen molar-refractivity contribution >= 4 is 32.5 Å². The third kappa shape index (κ3) is 4.54. The van der Waals surface area contributed by atoms with E-state index in [0.717, 1.165) is 10.6 Å². The van der Waals surface area contributed by atoms with E-state index in [2.05, 4.69) is 25.7 Å². The maximum atomic E-state index is 14.8. The summed E-state index contributed by atoms with van der Waals surface area (Å²) >= 11 is 0. The molecule has 1 saturated heterocycles. The van der Waals surface area contributed by atoms with Gasteiger partial charge in [-0.25, -0.2) is 35.2 Å². The highest BCUT2D eigenvalue weighted by atomic mass is 32.2. The van der Waals surface area contributed by atoms with E-state index in [1.165, 1.54) is 16.3 Å². The van der Waals surface area contributed by atoms with E-state index in [4.69, 9.17) is 4.74 Å². The lowest BCUT2D eigenvalue weighted by Gasteiger charge is -2.37. The van der Waals surface area contributed by atoms with Gasteiger partial charge in [0.05, 0.1) is 37.5 Å². The average molecular weight is 569 g/mol. The zero-order chi connectivity index (χ0) is 27.7. The van der Waals surface area contributed by atoms with Crippen LogP contribution in [-0.2, 0) is 10.0 Å². The van der Waals surface area contributed by atoms with Crippen molar-refractivity contribution in [3.05, 3.63) is 30.5 Å². The molecule has 1 aliphatic carbocycles. The minimum atomic E-state index is -3.75. The molecule has 208 valence electrons. The molecule has 1 saturated carbocycles. The minimum absolute atomic E-state index is 0.0639. The first-order chi connectivity index (χ1) is 18.3. The van der Waals surface area contributed by atoms with Crippen molar-refractivity contribution in [1.29, 1.82) is 0 Å². The van der Waals surface area contributed by atoms with Gasteiger partial charge in [-0.05, 0) is 30.2 Å². The number of fused-ring (bicyclic) bond motifs is 2. The second-order valence-corrected chi connectivity index (χ2v) is 11.9. The molecule has 4 heterocycles. The molecular weight excluding hydrogens is 544 g/mol. The molecule has 16 heteroatoms. The first kappa shape index (κ1) is 25.7. The van der Waals surface area contributed by atoms with Crippen LogP contribution in [-0.4, -0.2) is 86.7 Å². The second kappa shape index (κ2) is 8.74. The third-order valence-corrected chi connectivity index (χ3v) is 8.46. The fraction of sp³-hybridized carbons (Fsp3) is 0.478. The van der Waals surface area contributed by atoms with Crippen LogP contribution in [0.25, 0.3) is 27.7 Å². The highest BCUT2D eigenvalue weighted by Gasteiger charge is 2.48. The summed E-state index contributed by atoms with van der Waals surface area (Å²) in [5, 5.41) is 15.1. The number of halogens is 4. The van der Waals surface area contributed by atoms with Gasteiger partial charge >= 0.3 is 0 Å². The van der Waals surface area contributed by atoms with E-state index in [1.54, 1.807) is 30.5 Å². The van der Waals surface area contributed by atoms with Gasteiger partial charge in [-0.3, -0.25) is 0 Å². The zero-order valence-corrected chi connectivity index (χ0v) is 21.7. The normalized spacial score (nSPS) is 21.7. The molecule has 1 N–H and O–H groups in total. The summed E-state index contributed by atoms with van der Waals surface area (Å²) in [6.45, 7) is -1.01. The molecule has 1 aliphatic heterocycles. The number of sulfonamides is 1. The van der Waals surface area contributed by atoms with Crippen LogP contribution in [0.15, 0.2) is 30.5 Å². The lowest BCUT2D eigenvalue weighted by Crippen LogP contribution is -2.55. The Bertz CT molecular complexity index is 1680. The van der Waals surface area contributed by atoms with E-state index in [9.17, 15) is 26.0 Å². The summed E-state index contributed by atoms with van der Waals surface area (Å²) < 4.78 is 89.2. The van der Waals surface area contributed by atoms with Gasteiger partial charge in [0.25, 0.3) is 11.8 Å². The first-order valence-electron chi connectivity index (χ1n) is 12.1. The molecule has 11 nitrogen and oxygen atoms in total. The number of aromatic nitrogens is 6. The molecule has 0 bridgehead atoms. The van der Waals surface area contributed by atoms with Crippen molar-refractivity contribution in [2.45, 2.75) is 43.2 Å². The van der Waals surface area contributed by atoms with Crippen LogP contribution in [0.1, 0.15) is 25.3 Å². The predicted molar refractivity (Wildman–Crippen MR) is 133 cm³/mol.